The molecule has 0 aliphatic heterocycles. The first kappa shape index (κ1) is 10.4. The first-order valence-corrected chi connectivity index (χ1v) is 4.29. The Labute approximate surface area is 82.6 Å². The Kier molecular flexibility index (Phi) is 3.34. The zero-order chi connectivity index (χ0) is 10.6. The van der Waals surface area contributed by atoms with Crippen LogP contribution in [0.1, 0.15) is 17.3 Å². The summed E-state index contributed by atoms with van der Waals surface area (Å²) in [4.78, 5) is 11.1. The number of ether oxygens (including phenoxy) is 2. The molecule has 0 aliphatic carbocycles. The van der Waals surface area contributed by atoms with Gasteiger partial charge in [-0.1, -0.05) is 0 Å². The molecule has 0 saturated carbocycles. The summed E-state index contributed by atoms with van der Waals surface area (Å²) in [5.41, 5.74) is 5.53. The van der Waals surface area contributed by atoms with Crippen molar-refractivity contribution in [2.75, 3.05) is 13.7 Å². The third kappa shape index (κ3) is 2.16. The topological polar surface area (TPSA) is 61.6 Å². The number of hydrogen-bond donors (Lipinski definition) is 1. The van der Waals surface area contributed by atoms with Crippen LogP contribution in [0.5, 0.6) is 11.5 Å². The Bertz CT molecular complexity index is 336. The van der Waals surface area contributed by atoms with Gasteiger partial charge >= 0.3 is 0 Å². The fourth-order valence-electron chi connectivity index (χ4n) is 1.11. The van der Waals surface area contributed by atoms with E-state index in [0.29, 0.717) is 23.7 Å². The van der Waals surface area contributed by atoms with Crippen molar-refractivity contribution in [1.29, 1.82) is 0 Å². The molecule has 1 amide bonds. The first-order valence-electron chi connectivity index (χ1n) is 4.29. The highest BCUT2D eigenvalue weighted by molar-refractivity contribution is 5.96. The molecule has 1 rings (SSSR count). The van der Waals surface area contributed by atoms with Crippen LogP contribution in [0, 0.1) is 0 Å². The van der Waals surface area contributed by atoms with Crippen LogP contribution in [0.3, 0.4) is 0 Å². The van der Waals surface area contributed by atoms with Gasteiger partial charge in [-0.2, -0.15) is 0 Å². The zero-order valence-corrected chi connectivity index (χ0v) is 8.24. The van der Waals surface area contributed by atoms with Gasteiger partial charge in [-0.3, -0.25) is 4.79 Å². The molecular formula is C10H13NO3. The van der Waals surface area contributed by atoms with E-state index >= 15 is 0 Å². The molecule has 0 fully saturated rings. The second-order valence-corrected chi connectivity index (χ2v) is 2.66. The van der Waals surface area contributed by atoms with Gasteiger partial charge in [-0.15, -0.1) is 0 Å². The molecule has 1 aromatic rings. The van der Waals surface area contributed by atoms with Crippen LogP contribution in [0.4, 0.5) is 0 Å². The summed E-state index contributed by atoms with van der Waals surface area (Å²) in [6.45, 7) is 2.33. The van der Waals surface area contributed by atoms with Gasteiger partial charge in [0, 0.05) is 0 Å². The fraction of sp³-hybridized carbons (Fsp3) is 0.300. The minimum absolute atomic E-state index is 0.339. The molecule has 0 aromatic heterocycles. The van der Waals surface area contributed by atoms with E-state index in [1.165, 1.54) is 7.11 Å². The van der Waals surface area contributed by atoms with Crippen LogP contribution in [-0.4, -0.2) is 19.6 Å². The van der Waals surface area contributed by atoms with Crippen LogP contribution in [0.2, 0.25) is 0 Å². The van der Waals surface area contributed by atoms with E-state index in [9.17, 15) is 4.79 Å². The van der Waals surface area contributed by atoms with E-state index < -0.39 is 5.91 Å². The van der Waals surface area contributed by atoms with Gasteiger partial charge in [-0.25, -0.2) is 0 Å². The Hall–Kier alpha value is -1.71. The molecule has 2 N–H and O–H groups in total. The molecule has 0 aliphatic rings. The highest BCUT2D eigenvalue weighted by Crippen LogP contribution is 2.23. The third-order valence-corrected chi connectivity index (χ3v) is 1.75. The third-order valence-electron chi connectivity index (χ3n) is 1.75. The van der Waals surface area contributed by atoms with E-state index in [1.807, 2.05) is 6.92 Å². The van der Waals surface area contributed by atoms with Crippen LogP contribution in [-0.2, 0) is 0 Å². The number of rotatable bonds is 4. The SMILES string of the molecule is CCOc1ccc(OC)cc1C(N)=O. The van der Waals surface area contributed by atoms with Crippen LogP contribution >= 0.6 is 0 Å². The molecule has 0 bridgehead atoms. The van der Waals surface area contributed by atoms with Gasteiger partial charge in [0.2, 0.25) is 0 Å². The second kappa shape index (κ2) is 4.50. The number of hydrogen-bond acceptors (Lipinski definition) is 3. The molecule has 0 atom stereocenters. The summed E-state index contributed by atoms with van der Waals surface area (Å²) in [7, 11) is 1.53. The minimum Gasteiger partial charge on any atom is -0.497 e. The van der Waals surface area contributed by atoms with Crippen LogP contribution < -0.4 is 15.2 Å². The lowest BCUT2D eigenvalue weighted by Crippen LogP contribution is -2.13. The Morgan fingerprint density at radius 1 is 1.50 bits per heavy atom. The lowest BCUT2D eigenvalue weighted by atomic mass is 10.2. The van der Waals surface area contributed by atoms with Crippen molar-refractivity contribution in [3.05, 3.63) is 23.8 Å². The van der Waals surface area contributed by atoms with Gasteiger partial charge in [0.05, 0.1) is 19.3 Å². The number of primary amides is 1. The van der Waals surface area contributed by atoms with Gasteiger partial charge in [0.25, 0.3) is 5.91 Å². The van der Waals surface area contributed by atoms with Crippen molar-refractivity contribution in [2.45, 2.75) is 6.92 Å². The largest absolute Gasteiger partial charge is 0.497 e. The molecule has 4 heteroatoms. The maximum Gasteiger partial charge on any atom is 0.252 e. The summed E-state index contributed by atoms with van der Waals surface area (Å²) < 4.78 is 10.2. The van der Waals surface area contributed by atoms with E-state index in [0.717, 1.165) is 0 Å². The summed E-state index contributed by atoms with van der Waals surface area (Å²) in [6.07, 6.45) is 0. The zero-order valence-electron chi connectivity index (χ0n) is 8.24. The highest BCUT2D eigenvalue weighted by atomic mass is 16.5. The summed E-state index contributed by atoms with van der Waals surface area (Å²) >= 11 is 0. The minimum atomic E-state index is -0.521. The number of benzene rings is 1. The second-order valence-electron chi connectivity index (χ2n) is 2.66. The van der Waals surface area contributed by atoms with Crippen LogP contribution in [0.25, 0.3) is 0 Å². The molecule has 14 heavy (non-hydrogen) atoms. The molecule has 0 radical (unpaired) electrons. The van der Waals surface area contributed by atoms with Crippen molar-refractivity contribution in [3.8, 4) is 11.5 Å². The number of carbonyl (C=O) groups is 1. The summed E-state index contributed by atoms with van der Waals surface area (Å²) in [5, 5.41) is 0. The van der Waals surface area contributed by atoms with Crippen LogP contribution in [0.15, 0.2) is 18.2 Å². The smallest absolute Gasteiger partial charge is 0.252 e. The molecule has 0 unspecified atom stereocenters. The Morgan fingerprint density at radius 3 is 2.71 bits per heavy atom. The van der Waals surface area contributed by atoms with Crippen molar-refractivity contribution >= 4 is 5.91 Å². The van der Waals surface area contributed by atoms with E-state index in [4.69, 9.17) is 15.2 Å². The average molecular weight is 195 g/mol. The van der Waals surface area contributed by atoms with E-state index in [1.54, 1.807) is 18.2 Å². The van der Waals surface area contributed by atoms with Gasteiger partial charge in [0.15, 0.2) is 0 Å². The number of carbonyl (C=O) groups excluding carboxylic acids is 1. The maximum absolute atomic E-state index is 11.1. The molecular weight excluding hydrogens is 182 g/mol. The van der Waals surface area contributed by atoms with Gasteiger partial charge in [-0.05, 0) is 25.1 Å². The lowest BCUT2D eigenvalue weighted by Gasteiger charge is -2.08. The average Bonchev–Trinajstić information content (AvgIpc) is 2.18. The predicted octanol–water partition coefficient (Wildman–Crippen LogP) is 1.19. The number of amides is 1. The lowest BCUT2D eigenvalue weighted by molar-refractivity contribution is 0.0996. The van der Waals surface area contributed by atoms with E-state index in [-0.39, 0.29) is 0 Å². The monoisotopic (exact) mass is 195 g/mol. The van der Waals surface area contributed by atoms with E-state index in [2.05, 4.69) is 0 Å². The number of nitrogens with two attached hydrogens (primary N) is 1. The van der Waals surface area contributed by atoms with Crippen molar-refractivity contribution in [3.63, 3.8) is 0 Å². The predicted molar refractivity (Wildman–Crippen MR) is 52.7 cm³/mol. The standard InChI is InChI=1S/C10H13NO3/c1-3-14-9-5-4-7(13-2)6-8(9)10(11)12/h4-6H,3H2,1-2H3,(H2,11,12). The molecule has 0 saturated heterocycles. The fourth-order valence-corrected chi connectivity index (χ4v) is 1.11. The summed E-state index contributed by atoms with van der Waals surface area (Å²) in [5.74, 6) is 0.551. The van der Waals surface area contributed by atoms with Crippen molar-refractivity contribution < 1.29 is 14.3 Å². The normalized spacial score (nSPS) is 9.57. The maximum atomic E-state index is 11.1. The highest BCUT2D eigenvalue weighted by Gasteiger charge is 2.10. The van der Waals surface area contributed by atoms with Gasteiger partial charge < -0.3 is 15.2 Å². The van der Waals surface area contributed by atoms with Gasteiger partial charge in [0.1, 0.15) is 11.5 Å². The molecule has 1 aromatic carbocycles. The van der Waals surface area contributed by atoms with Crippen molar-refractivity contribution in [2.24, 2.45) is 5.73 Å². The quantitative estimate of drug-likeness (QED) is 0.785. The molecule has 4 nitrogen and oxygen atoms in total. The Balaban J connectivity index is 3.10. The first-order chi connectivity index (χ1) is 6.69. The van der Waals surface area contributed by atoms with Crippen molar-refractivity contribution in [1.82, 2.24) is 0 Å². The molecule has 0 spiro atoms. The summed E-state index contributed by atoms with van der Waals surface area (Å²) in [6, 6.07) is 4.95. The Morgan fingerprint density at radius 2 is 2.21 bits per heavy atom. The molecule has 76 valence electrons. The number of methoxy groups -OCH3 is 1. The molecule has 0 heterocycles.